The summed E-state index contributed by atoms with van der Waals surface area (Å²) in [5.74, 6) is -0.587. The van der Waals surface area contributed by atoms with Gasteiger partial charge in [0.2, 0.25) is 5.91 Å². The van der Waals surface area contributed by atoms with E-state index in [2.05, 4.69) is 22.1 Å². The number of benzene rings is 2. The van der Waals surface area contributed by atoms with Gasteiger partial charge in [-0.3, -0.25) is 9.36 Å². The third-order valence-electron chi connectivity index (χ3n) is 3.67. The minimum atomic E-state index is -0.556. The fraction of sp³-hybridized carbons (Fsp3) is 0.105. The quantitative estimate of drug-likeness (QED) is 0.441. The van der Waals surface area contributed by atoms with E-state index in [1.54, 1.807) is 22.8 Å². The zero-order valence-corrected chi connectivity index (χ0v) is 16.1. The van der Waals surface area contributed by atoms with E-state index >= 15 is 0 Å². The highest BCUT2D eigenvalue weighted by molar-refractivity contribution is 7.99. The first-order valence-electron chi connectivity index (χ1n) is 8.15. The van der Waals surface area contributed by atoms with Crippen molar-refractivity contribution in [2.75, 3.05) is 11.1 Å². The smallest absolute Gasteiger partial charge is 0.234 e. The fourth-order valence-corrected chi connectivity index (χ4v) is 3.33. The summed E-state index contributed by atoms with van der Waals surface area (Å²) in [4.78, 5) is 12.2. The SMILES string of the molecule is C=CCn1c(SCC(=O)Nc2ccc(F)c(Cl)c2)nnc1-c1ccc(F)cc1. The number of amides is 1. The molecule has 0 radical (unpaired) electrons. The van der Waals surface area contributed by atoms with Crippen molar-refractivity contribution in [2.24, 2.45) is 0 Å². The van der Waals surface area contributed by atoms with Crippen molar-refractivity contribution in [1.29, 1.82) is 0 Å². The van der Waals surface area contributed by atoms with Crippen LogP contribution in [0.3, 0.4) is 0 Å². The molecule has 0 saturated heterocycles. The van der Waals surface area contributed by atoms with Crippen LogP contribution >= 0.6 is 23.4 Å². The summed E-state index contributed by atoms with van der Waals surface area (Å²) >= 11 is 6.90. The average Bonchev–Trinajstić information content (AvgIpc) is 3.07. The number of halogens is 3. The molecular weight excluding hydrogens is 406 g/mol. The molecule has 2 aromatic carbocycles. The van der Waals surface area contributed by atoms with Gasteiger partial charge in [0.1, 0.15) is 11.6 Å². The van der Waals surface area contributed by atoms with E-state index in [4.69, 9.17) is 11.6 Å². The maximum atomic E-state index is 13.2. The Bertz CT molecular complexity index is 1010. The molecule has 0 saturated carbocycles. The monoisotopic (exact) mass is 420 g/mol. The number of hydrogen-bond acceptors (Lipinski definition) is 4. The number of anilines is 1. The van der Waals surface area contributed by atoms with Crippen LogP contribution < -0.4 is 5.32 Å². The number of nitrogens with one attached hydrogen (secondary N) is 1. The molecule has 0 atom stereocenters. The molecule has 1 amide bonds. The summed E-state index contributed by atoms with van der Waals surface area (Å²) in [6.45, 7) is 4.15. The normalized spacial score (nSPS) is 10.7. The van der Waals surface area contributed by atoms with Gasteiger partial charge in [-0.25, -0.2) is 8.78 Å². The lowest BCUT2D eigenvalue weighted by Crippen LogP contribution is -2.14. The summed E-state index contributed by atoms with van der Waals surface area (Å²) in [6.07, 6.45) is 1.68. The van der Waals surface area contributed by atoms with Crippen molar-refractivity contribution in [3.05, 3.63) is 71.8 Å². The zero-order chi connectivity index (χ0) is 20.1. The first-order chi connectivity index (χ1) is 13.5. The van der Waals surface area contributed by atoms with Crippen molar-refractivity contribution >= 4 is 35.0 Å². The van der Waals surface area contributed by atoms with Gasteiger partial charge in [0, 0.05) is 17.8 Å². The number of allylic oxidation sites excluding steroid dienone is 1. The second-order valence-corrected chi connectivity index (χ2v) is 7.03. The van der Waals surface area contributed by atoms with Gasteiger partial charge in [-0.2, -0.15) is 0 Å². The molecule has 0 aliphatic carbocycles. The minimum Gasteiger partial charge on any atom is -0.325 e. The molecule has 0 unspecified atom stereocenters. The van der Waals surface area contributed by atoms with Crippen molar-refractivity contribution in [1.82, 2.24) is 14.8 Å². The molecule has 0 bridgehead atoms. The third-order valence-corrected chi connectivity index (χ3v) is 4.92. The van der Waals surface area contributed by atoms with Crippen molar-refractivity contribution in [2.45, 2.75) is 11.7 Å². The van der Waals surface area contributed by atoms with Gasteiger partial charge >= 0.3 is 0 Å². The molecule has 0 fully saturated rings. The fourth-order valence-electron chi connectivity index (χ4n) is 2.40. The molecular formula is C19H15ClF2N4OS. The Labute approximate surface area is 169 Å². The van der Waals surface area contributed by atoms with E-state index in [1.807, 2.05) is 0 Å². The molecule has 3 aromatic rings. The van der Waals surface area contributed by atoms with E-state index in [9.17, 15) is 13.6 Å². The lowest BCUT2D eigenvalue weighted by atomic mass is 10.2. The van der Waals surface area contributed by atoms with E-state index in [-0.39, 0.29) is 22.5 Å². The van der Waals surface area contributed by atoms with Crippen LogP contribution in [0.5, 0.6) is 0 Å². The van der Waals surface area contributed by atoms with Gasteiger partial charge in [0.05, 0.1) is 10.8 Å². The minimum absolute atomic E-state index is 0.0632. The van der Waals surface area contributed by atoms with Crippen LogP contribution in [0.4, 0.5) is 14.5 Å². The number of carbonyl (C=O) groups excluding carboxylic acids is 1. The summed E-state index contributed by atoms with van der Waals surface area (Å²) < 4.78 is 28.1. The lowest BCUT2D eigenvalue weighted by Gasteiger charge is -2.08. The van der Waals surface area contributed by atoms with E-state index in [1.165, 1.54) is 42.1 Å². The highest BCUT2D eigenvalue weighted by Gasteiger charge is 2.15. The van der Waals surface area contributed by atoms with Crippen molar-refractivity contribution in [3.63, 3.8) is 0 Å². The highest BCUT2D eigenvalue weighted by atomic mass is 35.5. The Hall–Kier alpha value is -2.71. The van der Waals surface area contributed by atoms with Crippen LogP contribution in [0.15, 0.2) is 60.3 Å². The van der Waals surface area contributed by atoms with Crippen molar-refractivity contribution < 1.29 is 13.6 Å². The number of thioether (sulfide) groups is 1. The van der Waals surface area contributed by atoms with Crippen LogP contribution in [0.2, 0.25) is 5.02 Å². The second kappa shape index (κ2) is 8.99. The third kappa shape index (κ3) is 4.76. The van der Waals surface area contributed by atoms with Crippen molar-refractivity contribution in [3.8, 4) is 11.4 Å². The number of aromatic nitrogens is 3. The predicted octanol–water partition coefficient (Wildman–Crippen LogP) is 4.79. The van der Waals surface area contributed by atoms with Crippen LogP contribution in [0, 0.1) is 11.6 Å². The molecule has 28 heavy (non-hydrogen) atoms. The summed E-state index contributed by atoms with van der Waals surface area (Å²) in [6, 6.07) is 9.85. The maximum absolute atomic E-state index is 13.2. The Morgan fingerprint density at radius 1 is 1.21 bits per heavy atom. The standard InChI is InChI=1S/C19H15ClF2N4OS/c1-2-9-26-18(12-3-5-13(21)6-4-12)24-25-19(26)28-11-17(27)23-14-7-8-16(22)15(20)10-14/h2-8,10H,1,9,11H2,(H,23,27). The predicted molar refractivity (Wildman–Crippen MR) is 106 cm³/mol. The van der Waals surface area contributed by atoms with Crippen LogP contribution in [0.1, 0.15) is 0 Å². The Morgan fingerprint density at radius 2 is 1.96 bits per heavy atom. The zero-order valence-electron chi connectivity index (χ0n) is 14.5. The first-order valence-corrected chi connectivity index (χ1v) is 9.52. The summed E-state index contributed by atoms with van der Waals surface area (Å²) in [5, 5.41) is 11.4. The van der Waals surface area contributed by atoms with Crippen LogP contribution in [0.25, 0.3) is 11.4 Å². The van der Waals surface area contributed by atoms with E-state index in [0.717, 1.165) is 0 Å². The lowest BCUT2D eigenvalue weighted by molar-refractivity contribution is -0.113. The number of hydrogen-bond donors (Lipinski definition) is 1. The molecule has 3 rings (SSSR count). The van der Waals surface area contributed by atoms with Crippen LogP contribution in [-0.4, -0.2) is 26.4 Å². The Morgan fingerprint density at radius 3 is 2.64 bits per heavy atom. The summed E-state index contributed by atoms with van der Waals surface area (Å²) in [7, 11) is 0. The van der Waals surface area contributed by atoms with Gasteiger partial charge in [0.25, 0.3) is 0 Å². The first kappa shape index (κ1) is 20.0. The molecule has 0 aliphatic heterocycles. The van der Waals surface area contributed by atoms with Gasteiger partial charge in [-0.15, -0.1) is 16.8 Å². The molecule has 1 N–H and O–H groups in total. The molecule has 0 spiro atoms. The van der Waals surface area contributed by atoms with Gasteiger partial charge in [-0.1, -0.05) is 29.4 Å². The highest BCUT2D eigenvalue weighted by Crippen LogP contribution is 2.25. The Kier molecular flexibility index (Phi) is 6.43. The maximum Gasteiger partial charge on any atom is 0.234 e. The largest absolute Gasteiger partial charge is 0.325 e. The second-order valence-electron chi connectivity index (χ2n) is 5.68. The molecule has 0 aliphatic rings. The van der Waals surface area contributed by atoms with Gasteiger partial charge in [0.15, 0.2) is 11.0 Å². The van der Waals surface area contributed by atoms with E-state index < -0.39 is 5.82 Å². The van der Waals surface area contributed by atoms with Crippen LogP contribution in [-0.2, 0) is 11.3 Å². The van der Waals surface area contributed by atoms with Gasteiger partial charge in [-0.05, 0) is 42.5 Å². The molecule has 9 heteroatoms. The average molecular weight is 421 g/mol. The molecule has 144 valence electrons. The number of carbonyl (C=O) groups is 1. The molecule has 1 heterocycles. The topological polar surface area (TPSA) is 59.8 Å². The summed E-state index contributed by atoms with van der Waals surface area (Å²) in [5.41, 5.74) is 1.10. The van der Waals surface area contributed by atoms with E-state index in [0.29, 0.717) is 28.8 Å². The molecule has 1 aromatic heterocycles. The number of nitrogens with zero attached hydrogens (tertiary/aromatic N) is 3. The molecule has 5 nitrogen and oxygen atoms in total. The van der Waals surface area contributed by atoms with Gasteiger partial charge < -0.3 is 5.32 Å². The number of rotatable bonds is 7. The Balaban J connectivity index is 1.71.